The van der Waals surface area contributed by atoms with Gasteiger partial charge in [-0.3, -0.25) is 14.6 Å². The molecule has 1 heterocycles. The molecule has 0 aliphatic heterocycles. The highest BCUT2D eigenvalue weighted by atomic mass is 35.5. The van der Waals surface area contributed by atoms with Gasteiger partial charge in [-0.15, -0.1) is 0 Å². The molecule has 0 saturated heterocycles. The number of benzene rings is 1. The van der Waals surface area contributed by atoms with E-state index in [0.29, 0.717) is 22.4 Å². The molecule has 5 nitrogen and oxygen atoms in total. The van der Waals surface area contributed by atoms with Gasteiger partial charge in [-0.25, -0.2) is 0 Å². The van der Waals surface area contributed by atoms with Crippen LogP contribution in [0.15, 0.2) is 36.5 Å². The van der Waals surface area contributed by atoms with Crippen molar-refractivity contribution in [3.63, 3.8) is 0 Å². The minimum atomic E-state index is -0.0739. The number of carbonyl (C=O) groups is 2. The van der Waals surface area contributed by atoms with Crippen molar-refractivity contribution in [1.29, 1.82) is 0 Å². The molecular weight excluding hydrogens is 410 g/mol. The highest BCUT2D eigenvalue weighted by Crippen LogP contribution is 2.35. The topological polar surface area (TPSA) is 62.3 Å². The molecule has 1 aromatic carbocycles. The summed E-state index contributed by atoms with van der Waals surface area (Å²) in [5.41, 5.74) is 2.91. The minimum Gasteiger partial charge on any atom is -0.352 e. The zero-order valence-electron chi connectivity index (χ0n) is 18.1. The van der Waals surface area contributed by atoms with Crippen molar-refractivity contribution in [3.05, 3.63) is 47.1 Å². The molecule has 164 valence electrons. The number of rotatable bonds is 7. The predicted molar refractivity (Wildman–Crippen MR) is 124 cm³/mol. The van der Waals surface area contributed by atoms with Gasteiger partial charge in [0.15, 0.2) is 0 Å². The van der Waals surface area contributed by atoms with Crippen LogP contribution in [0, 0.1) is 11.8 Å². The SMILES string of the molecule is CC(=O)N(CC1CC1)c1ccc(-c2ccc(C(=O)NCC3CCCCC3)cn2)cc1Cl. The van der Waals surface area contributed by atoms with Crippen LogP contribution in [0.5, 0.6) is 0 Å². The van der Waals surface area contributed by atoms with E-state index in [1.54, 1.807) is 24.1 Å². The van der Waals surface area contributed by atoms with Crippen LogP contribution in [0.2, 0.25) is 5.02 Å². The number of anilines is 1. The van der Waals surface area contributed by atoms with Gasteiger partial charge in [0.25, 0.3) is 5.91 Å². The lowest BCUT2D eigenvalue weighted by atomic mass is 9.89. The lowest BCUT2D eigenvalue weighted by Crippen LogP contribution is -2.30. The Morgan fingerprint density at radius 3 is 2.45 bits per heavy atom. The van der Waals surface area contributed by atoms with Crippen LogP contribution in [0.4, 0.5) is 5.69 Å². The molecule has 0 bridgehead atoms. The van der Waals surface area contributed by atoms with Gasteiger partial charge >= 0.3 is 0 Å². The number of aromatic nitrogens is 1. The zero-order valence-corrected chi connectivity index (χ0v) is 18.8. The van der Waals surface area contributed by atoms with E-state index in [1.165, 1.54) is 44.9 Å². The van der Waals surface area contributed by atoms with E-state index in [2.05, 4.69) is 10.3 Å². The Balaban J connectivity index is 1.41. The summed E-state index contributed by atoms with van der Waals surface area (Å²) in [6.07, 6.45) is 10.2. The van der Waals surface area contributed by atoms with E-state index >= 15 is 0 Å². The quantitative estimate of drug-likeness (QED) is 0.621. The van der Waals surface area contributed by atoms with Crippen molar-refractivity contribution in [3.8, 4) is 11.3 Å². The third kappa shape index (κ3) is 5.65. The molecule has 4 rings (SSSR count). The summed E-state index contributed by atoms with van der Waals surface area (Å²) in [5, 5.41) is 3.58. The molecule has 0 spiro atoms. The summed E-state index contributed by atoms with van der Waals surface area (Å²) in [4.78, 5) is 30.8. The van der Waals surface area contributed by atoms with Crippen LogP contribution in [0.1, 0.15) is 62.2 Å². The molecule has 0 radical (unpaired) electrons. The van der Waals surface area contributed by atoms with E-state index in [0.717, 1.165) is 30.0 Å². The third-order valence-corrected chi connectivity index (χ3v) is 6.66. The van der Waals surface area contributed by atoms with Crippen LogP contribution in [-0.2, 0) is 4.79 Å². The highest BCUT2D eigenvalue weighted by molar-refractivity contribution is 6.34. The Hall–Kier alpha value is -2.40. The number of hydrogen-bond acceptors (Lipinski definition) is 3. The fourth-order valence-corrected chi connectivity index (χ4v) is 4.55. The van der Waals surface area contributed by atoms with Gasteiger partial charge in [-0.2, -0.15) is 0 Å². The first kappa shape index (κ1) is 21.8. The van der Waals surface area contributed by atoms with E-state index in [9.17, 15) is 9.59 Å². The first-order valence-electron chi connectivity index (χ1n) is 11.3. The Morgan fingerprint density at radius 1 is 1.06 bits per heavy atom. The predicted octanol–water partition coefficient (Wildman–Crippen LogP) is 5.48. The van der Waals surface area contributed by atoms with Crippen molar-refractivity contribution in [2.24, 2.45) is 11.8 Å². The molecular formula is C25H30ClN3O2. The number of amides is 2. The summed E-state index contributed by atoms with van der Waals surface area (Å²) in [6, 6.07) is 9.29. The number of halogens is 1. The average Bonchev–Trinajstić information content (AvgIpc) is 3.61. The van der Waals surface area contributed by atoms with Crippen LogP contribution in [0.3, 0.4) is 0 Å². The van der Waals surface area contributed by atoms with E-state index in [-0.39, 0.29) is 11.8 Å². The molecule has 0 unspecified atom stereocenters. The summed E-state index contributed by atoms with van der Waals surface area (Å²) in [5.74, 6) is 1.11. The maximum absolute atomic E-state index is 12.5. The average molecular weight is 440 g/mol. The van der Waals surface area contributed by atoms with Crippen molar-refractivity contribution in [1.82, 2.24) is 10.3 Å². The first-order chi connectivity index (χ1) is 15.0. The van der Waals surface area contributed by atoms with Crippen molar-refractivity contribution in [2.45, 2.75) is 51.9 Å². The largest absolute Gasteiger partial charge is 0.352 e. The van der Waals surface area contributed by atoms with Crippen molar-refractivity contribution < 1.29 is 9.59 Å². The number of hydrogen-bond donors (Lipinski definition) is 1. The Morgan fingerprint density at radius 2 is 1.84 bits per heavy atom. The highest BCUT2D eigenvalue weighted by Gasteiger charge is 2.27. The van der Waals surface area contributed by atoms with E-state index in [4.69, 9.17) is 11.6 Å². The van der Waals surface area contributed by atoms with Crippen LogP contribution in [0.25, 0.3) is 11.3 Å². The number of carbonyl (C=O) groups excluding carboxylic acids is 2. The minimum absolute atomic E-state index is 0.00303. The molecule has 2 aromatic rings. The maximum atomic E-state index is 12.5. The van der Waals surface area contributed by atoms with Crippen molar-refractivity contribution >= 4 is 29.1 Å². The molecule has 6 heteroatoms. The van der Waals surface area contributed by atoms with Gasteiger partial charge in [-0.05, 0) is 61.8 Å². The van der Waals surface area contributed by atoms with Gasteiger partial charge in [0, 0.05) is 31.8 Å². The molecule has 0 atom stereocenters. The molecule has 2 fully saturated rings. The number of pyridine rings is 1. The van der Waals surface area contributed by atoms with Gasteiger partial charge in [0.2, 0.25) is 5.91 Å². The molecule has 1 N–H and O–H groups in total. The lowest BCUT2D eigenvalue weighted by Gasteiger charge is -2.22. The standard InChI is InChI=1S/C25H30ClN3O2/c1-17(30)29(16-19-7-8-19)24-12-10-20(13-22(24)26)23-11-9-21(15-27-23)25(31)28-14-18-5-3-2-4-6-18/h9-13,15,18-19H,2-8,14,16H2,1H3,(H,28,31). The molecule has 2 saturated carbocycles. The fraction of sp³-hybridized carbons (Fsp3) is 0.480. The molecule has 2 aliphatic carbocycles. The first-order valence-corrected chi connectivity index (χ1v) is 11.7. The molecule has 2 aliphatic rings. The third-order valence-electron chi connectivity index (χ3n) is 6.35. The summed E-state index contributed by atoms with van der Waals surface area (Å²) in [6.45, 7) is 3.04. The second-order valence-electron chi connectivity index (χ2n) is 8.89. The maximum Gasteiger partial charge on any atom is 0.252 e. The Kier molecular flexibility index (Phi) is 6.91. The number of nitrogens with one attached hydrogen (secondary N) is 1. The van der Waals surface area contributed by atoms with Gasteiger partial charge in [0.1, 0.15) is 0 Å². The molecule has 1 aromatic heterocycles. The second-order valence-corrected chi connectivity index (χ2v) is 9.29. The Bertz CT molecular complexity index is 934. The summed E-state index contributed by atoms with van der Waals surface area (Å²) < 4.78 is 0. The van der Waals surface area contributed by atoms with Gasteiger partial charge in [0.05, 0.1) is 22.0 Å². The van der Waals surface area contributed by atoms with Crippen LogP contribution in [-0.4, -0.2) is 29.9 Å². The van der Waals surface area contributed by atoms with Crippen molar-refractivity contribution in [2.75, 3.05) is 18.0 Å². The summed E-state index contributed by atoms with van der Waals surface area (Å²) in [7, 11) is 0. The van der Waals surface area contributed by atoms with Crippen LogP contribution < -0.4 is 10.2 Å². The second kappa shape index (κ2) is 9.82. The van der Waals surface area contributed by atoms with Crippen LogP contribution >= 0.6 is 11.6 Å². The smallest absolute Gasteiger partial charge is 0.252 e. The zero-order chi connectivity index (χ0) is 21.8. The normalized spacial score (nSPS) is 16.7. The van der Waals surface area contributed by atoms with Gasteiger partial charge in [-0.1, -0.05) is 36.9 Å². The van der Waals surface area contributed by atoms with E-state index in [1.807, 2.05) is 24.3 Å². The lowest BCUT2D eigenvalue weighted by molar-refractivity contribution is -0.116. The molecule has 31 heavy (non-hydrogen) atoms. The van der Waals surface area contributed by atoms with Gasteiger partial charge < -0.3 is 10.2 Å². The van der Waals surface area contributed by atoms with E-state index < -0.39 is 0 Å². The Labute approximate surface area is 189 Å². The monoisotopic (exact) mass is 439 g/mol. The molecule has 2 amide bonds. The number of nitrogens with zero attached hydrogens (tertiary/aromatic N) is 2. The summed E-state index contributed by atoms with van der Waals surface area (Å²) >= 11 is 6.53. The fourth-order valence-electron chi connectivity index (χ4n) is 4.27.